The Morgan fingerprint density at radius 3 is 2.42 bits per heavy atom. The van der Waals surface area contributed by atoms with Crippen LogP contribution in [0.15, 0.2) is 58.2 Å². The summed E-state index contributed by atoms with van der Waals surface area (Å²) in [4.78, 5) is 13.0. The number of allylic oxidation sites excluding steroid dienone is 1. The van der Waals surface area contributed by atoms with Crippen LogP contribution in [0, 0.1) is 13.8 Å². The molecule has 6 heteroatoms. The quantitative estimate of drug-likeness (QED) is 0.628. The molecular weight excluding hydrogens is 410 g/mol. The molecule has 1 amide bonds. The first kappa shape index (κ1) is 18.6. The first-order chi connectivity index (χ1) is 12.3. The van der Waals surface area contributed by atoms with Gasteiger partial charge in [0, 0.05) is 15.9 Å². The molecular formula is C20H20BrN3OS. The van der Waals surface area contributed by atoms with Gasteiger partial charge >= 0.3 is 0 Å². The van der Waals surface area contributed by atoms with Gasteiger partial charge in [0.15, 0.2) is 5.11 Å². The van der Waals surface area contributed by atoms with Crippen LogP contribution < -0.4 is 16.0 Å². The van der Waals surface area contributed by atoms with E-state index in [1.54, 1.807) is 0 Å². The van der Waals surface area contributed by atoms with Gasteiger partial charge in [0.2, 0.25) is 0 Å². The summed E-state index contributed by atoms with van der Waals surface area (Å²) in [5.74, 6) is -0.152. The van der Waals surface area contributed by atoms with Gasteiger partial charge in [-0.3, -0.25) is 4.79 Å². The summed E-state index contributed by atoms with van der Waals surface area (Å²) in [6.07, 6.45) is 0. The average molecular weight is 430 g/mol. The summed E-state index contributed by atoms with van der Waals surface area (Å²) >= 11 is 8.73. The summed E-state index contributed by atoms with van der Waals surface area (Å²) < 4.78 is 0.986. The summed E-state index contributed by atoms with van der Waals surface area (Å²) in [6.45, 7) is 5.95. The van der Waals surface area contributed by atoms with Gasteiger partial charge in [0.1, 0.15) is 0 Å². The van der Waals surface area contributed by atoms with Crippen molar-refractivity contribution in [1.82, 2.24) is 10.6 Å². The molecule has 3 N–H and O–H groups in total. The summed E-state index contributed by atoms with van der Waals surface area (Å²) in [7, 11) is 0. The Morgan fingerprint density at radius 2 is 1.77 bits per heavy atom. The Hall–Kier alpha value is -2.18. The lowest BCUT2D eigenvalue weighted by Crippen LogP contribution is -2.45. The van der Waals surface area contributed by atoms with Gasteiger partial charge in [0.05, 0.1) is 11.6 Å². The molecule has 1 heterocycles. The highest BCUT2D eigenvalue weighted by molar-refractivity contribution is 9.10. The minimum Gasteiger partial charge on any atom is -0.351 e. The number of nitrogens with one attached hydrogen (secondary N) is 3. The van der Waals surface area contributed by atoms with Crippen LogP contribution in [0.4, 0.5) is 5.69 Å². The molecule has 0 spiro atoms. The SMILES string of the molecule is CC1=C(C(=O)Nc2ccc(C)c(C)c2)[C@H](c2ccc(Br)cc2)NC(=S)N1. The van der Waals surface area contributed by atoms with Crippen LogP contribution in [-0.2, 0) is 4.79 Å². The average Bonchev–Trinajstić information content (AvgIpc) is 2.58. The smallest absolute Gasteiger partial charge is 0.255 e. The lowest BCUT2D eigenvalue weighted by atomic mass is 9.95. The minimum atomic E-state index is -0.302. The number of benzene rings is 2. The van der Waals surface area contributed by atoms with Crippen molar-refractivity contribution >= 4 is 44.9 Å². The summed E-state index contributed by atoms with van der Waals surface area (Å²) in [5.41, 5.74) is 5.46. The number of rotatable bonds is 3. The molecule has 2 aromatic rings. The standard InChI is InChI=1S/C20H20BrN3OS/c1-11-4-9-16(10-12(11)2)23-19(25)17-13(3)22-20(26)24-18(17)14-5-7-15(21)8-6-14/h4-10,18H,1-3H3,(H,23,25)(H2,22,24,26)/t18-/m0/s1. The molecule has 0 aliphatic carbocycles. The number of aryl methyl sites for hydroxylation is 2. The second-order valence-corrected chi connectivity index (χ2v) is 7.70. The van der Waals surface area contributed by atoms with Crippen molar-refractivity contribution in [1.29, 1.82) is 0 Å². The zero-order valence-electron chi connectivity index (χ0n) is 14.8. The van der Waals surface area contributed by atoms with Crippen molar-refractivity contribution in [3.63, 3.8) is 0 Å². The van der Waals surface area contributed by atoms with Crippen LogP contribution >= 0.6 is 28.1 Å². The molecule has 1 aliphatic rings. The largest absolute Gasteiger partial charge is 0.351 e. The van der Waals surface area contributed by atoms with Crippen molar-refractivity contribution in [3.05, 3.63) is 74.9 Å². The van der Waals surface area contributed by atoms with Gasteiger partial charge in [-0.2, -0.15) is 0 Å². The van der Waals surface area contributed by atoms with E-state index in [0.717, 1.165) is 27.0 Å². The fourth-order valence-electron chi connectivity index (χ4n) is 2.92. The Morgan fingerprint density at radius 1 is 1.08 bits per heavy atom. The fraction of sp³-hybridized carbons (Fsp3) is 0.200. The van der Waals surface area contributed by atoms with Crippen molar-refractivity contribution in [2.75, 3.05) is 5.32 Å². The molecule has 4 nitrogen and oxygen atoms in total. The number of carbonyl (C=O) groups excluding carboxylic acids is 1. The van der Waals surface area contributed by atoms with E-state index in [1.807, 2.05) is 63.2 Å². The van der Waals surface area contributed by atoms with E-state index in [4.69, 9.17) is 12.2 Å². The zero-order chi connectivity index (χ0) is 18.8. The molecule has 2 aromatic carbocycles. The number of hydrogen-bond acceptors (Lipinski definition) is 2. The highest BCUT2D eigenvalue weighted by Gasteiger charge is 2.29. The number of hydrogen-bond donors (Lipinski definition) is 3. The predicted molar refractivity (Wildman–Crippen MR) is 113 cm³/mol. The third kappa shape index (κ3) is 3.97. The number of halogens is 1. The third-order valence-corrected chi connectivity index (χ3v) is 5.23. The maximum absolute atomic E-state index is 13.0. The van der Waals surface area contributed by atoms with Gasteiger partial charge in [-0.25, -0.2) is 0 Å². The zero-order valence-corrected chi connectivity index (χ0v) is 17.2. The first-order valence-electron chi connectivity index (χ1n) is 8.27. The Labute approximate surface area is 167 Å². The topological polar surface area (TPSA) is 53.2 Å². The van der Waals surface area contributed by atoms with E-state index in [0.29, 0.717) is 10.7 Å². The Bertz CT molecular complexity index is 906. The number of thiocarbonyl (C=S) groups is 1. The van der Waals surface area contributed by atoms with Crippen LogP contribution in [0.5, 0.6) is 0 Å². The molecule has 1 atom stereocenters. The maximum Gasteiger partial charge on any atom is 0.255 e. The van der Waals surface area contributed by atoms with E-state index < -0.39 is 0 Å². The van der Waals surface area contributed by atoms with Gasteiger partial charge in [0.25, 0.3) is 5.91 Å². The highest BCUT2D eigenvalue weighted by atomic mass is 79.9. The maximum atomic E-state index is 13.0. The van der Waals surface area contributed by atoms with Crippen LogP contribution in [0.3, 0.4) is 0 Å². The van der Waals surface area contributed by atoms with E-state index in [-0.39, 0.29) is 11.9 Å². The monoisotopic (exact) mass is 429 g/mol. The molecule has 134 valence electrons. The summed E-state index contributed by atoms with van der Waals surface area (Å²) in [5, 5.41) is 9.78. The molecule has 0 fully saturated rings. The van der Waals surface area contributed by atoms with Gasteiger partial charge in [-0.05, 0) is 73.9 Å². The van der Waals surface area contributed by atoms with E-state index in [1.165, 1.54) is 5.56 Å². The van der Waals surface area contributed by atoms with E-state index in [9.17, 15) is 4.79 Å². The second kappa shape index (κ2) is 7.60. The highest BCUT2D eigenvalue weighted by Crippen LogP contribution is 2.29. The number of anilines is 1. The second-order valence-electron chi connectivity index (χ2n) is 6.37. The molecule has 26 heavy (non-hydrogen) atoms. The van der Waals surface area contributed by atoms with Crippen LogP contribution in [0.2, 0.25) is 0 Å². The van der Waals surface area contributed by atoms with Gasteiger partial charge in [-0.1, -0.05) is 34.1 Å². The minimum absolute atomic E-state index is 0.152. The normalized spacial score (nSPS) is 16.8. The van der Waals surface area contributed by atoms with Crippen molar-refractivity contribution < 1.29 is 4.79 Å². The molecule has 0 saturated carbocycles. The van der Waals surface area contributed by atoms with E-state index in [2.05, 4.69) is 31.9 Å². The van der Waals surface area contributed by atoms with Crippen LogP contribution in [0.1, 0.15) is 29.7 Å². The molecule has 0 radical (unpaired) electrons. The van der Waals surface area contributed by atoms with Gasteiger partial charge < -0.3 is 16.0 Å². The lowest BCUT2D eigenvalue weighted by Gasteiger charge is -2.30. The molecule has 0 bridgehead atoms. The van der Waals surface area contributed by atoms with Gasteiger partial charge in [-0.15, -0.1) is 0 Å². The third-order valence-electron chi connectivity index (χ3n) is 4.48. The predicted octanol–water partition coefficient (Wildman–Crippen LogP) is 4.50. The molecule has 0 saturated heterocycles. The number of amides is 1. The lowest BCUT2D eigenvalue weighted by molar-refractivity contribution is -0.113. The van der Waals surface area contributed by atoms with Crippen molar-refractivity contribution in [3.8, 4) is 0 Å². The summed E-state index contributed by atoms with van der Waals surface area (Å²) in [6, 6.07) is 13.5. The molecule has 3 rings (SSSR count). The number of carbonyl (C=O) groups is 1. The van der Waals surface area contributed by atoms with Crippen LogP contribution in [0.25, 0.3) is 0 Å². The molecule has 0 unspecified atom stereocenters. The van der Waals surface area contributed by atoms with Crippen molar-refractivity contribution in [2.45, 2.75) is 26.8 Å². The van der Waals surface area contributed by atoms with Crippen molar-refractivity contribution in [2.24, 2.45) is 0 Å². The first-order valence-corrected chi connectivity index (χ1v) is 9.47. The molecule has 0 aromatic heterocycles. The Kier molecular flexibility index (Phi) is 5.44. The van der Waals surface area contributed by atoms with Crippen LogP contribution in [-0.4, -0.2) is 11.0 Å². The molecule has 1 aliphatic heterocycles. The fourth-order valence-corrected chi connectivity index (χ4v) is 3.45. The van der Waals surface area contributed by atoms with E-state index >= 15 is 0 Å². The Balaban J connectivity index is 1.93.